The number of carbonyl (C=O) groups is 1. The third-order valence-electron chi connectivity index (χ3n) is 4.23. The number of aryl methyl sites for hydroxylation is 1. The lowest BCUT2D eigenvalue weighted by Gasteiger charge is -2.09. The van der Waals surface area contributed by atoms with E-state index in [9.17, 15) is 4.79 Å². The van der Waals surface area contributed by atoms with Crippen molar-refractivity contribution in [3.05, 3.63) is 35.4 Å². The first-order valence-corrected chi connectivity index (χ1v) is 8.82. The van der Waals surface area contributed by atoms with Gasteiger partial charge in [-0.05, 0) is 24.8 Å². The summed E-state index contributed by atoms with van der Waals surface area (Å²) in [5.74, 6) is 0.447. The van der Waals surface area contributed by atoms with Gasteiger partial charge in [-0.15, -0.1) is 0 Å². The second kappa shape index (κ2) is 10.6. The highest BCUT2D eigenvalue weighted by Gasteiger charge is 2.13. The molecule has 0 spiro atoms. The molecule has 118 valence electrons. The molecule has 1 aromatic carbocycles. The van der Waals surface area contributed by atoms with Gasteiger partial charge in [-0.2, -0.15) is 0 Å². The first-order chi connectivity index (χ1) is 10.2. The van der Waals surface area contributed by atoms with Gasteiger partial charge >= 0.3 is 0 Å². The van der Waals surface area contributed by atoms with Gasteiger partial charge < -0.3 is 0 Å². The lowest BCUT2D eigenvalue weighted by Crippen LogP contribution is -2.10. The Hall–Kier alpha value is -1.11. The summed E-state index contributed by atoms with van der Waals surface area (Å²) >= 11 is 0. The Kier molecular flexibility index (Phi) is 9.05. The molecule has 0 radical (unpaired) electrons. The zero-order chi connectivity index (χ0) is 15.5. The minimum Gasteiger partial charge on any atom is -0.294 e. The molecule has 0 fully saturated rings. The lowest BCUT2D eigenvalue weighted by atomic mass is 9.94. The Morgan fingerprint density at radius 3 is 2.14 bits per heavy atom. The first-order valence-electron chi connectivity index (χ1n) is 8.82. The fraction of sp³-hybridized carbons (Fsp3) is 0.650. The molecular formula is C20H32O. The van der Waals surface area contributed by atoms with Crippen LogP contribution in [0.5, 0.6) is 0 Å². The Morgan fingerprint density at radius 2 is 1.52 bits per heavy atom. The average Bonchev–Trinajstić information content (AvgIpc) is 2.51. The minimum absolute atomic E-state index is 0.152. The van der Waals surface area contributed by atoms with E-state index in [4.69, 9.17) is 0 Å². The fourth-order valence-corrected chi connectivity index (χ4v) is 2.79. The molecule has 0 aromatic heterocycles. The number of hydrogen-bond acceptors (Lipinski definition) is 1. The Morgan fingerprint density at radius 1 is 0.905 bits per heavy atom. The van der Waals surface area contributed by atoms with Gasteiger partial charge in [-0.3, -0.25) is 4.79 Å². The van der Waals surface area contributed by atoms with Gasteiger partial charge in [0.2, 0.25) is 0 Å². The maximum atomic E-state index is 12.2. The maximum Gasteiger partial charge on any atom is 0.165 e. The smallest absolute Gasteiger partial charge is 0.165 e. The largest absolute Gasteiger partial charge is 0.294 e. The standard InChI is InChI=1S/C20H32O/c1-4-6-7-8-9-10-12-18-13-15-19(16-14-18)20(21)17(3)11-5-2/h13-17H,4-12H2,1-3H3. The van der Waals surface area contributed by atoms with Gasteiger partial charge in [0.05, 0.1) is 0 Å². The van der Waals surface area contributed by atoms with Crippen LogP contribution in [-0.4, -0.2) is 5.78 Å². The van der Waals surface area contributed by atoms with Gasteiger partial charge in [-0.25, -0.2) is 0 Å². The van der Waals surface area contributed by atoms with Gasteiger partial charge in [0.25, 0.3) is 0 Å². The fourth-order valence-electron chi connectivity index (χ4n) is 2.79. The second-order valence-corrected chi connectivity index (χ2v) is 6.27. The number of Topliss-reactive ketones (excluding diaryl/α,β-unsaturated/α-hetero) is 1. The van der Waals surface area contributed by atoms with E-state index in [0.29, 0.717) is 5.78 Å². The molecule has 0 saturated carbocycles. The van der Waals surface area contributed by atoms with Crippen LogP contribution in [0, 0.1) is 5.92 Å². The minimum atomic E-state index is 0.152. The highest BCUT2D eigenvalue weighted by molar-refractivity contribution is 5.97. The summed E-state index contributed by atoms with van der Waals surface area (Å²) in [6, 6.07) is 8.30. The molecule has 1 atom stereocenters. The molecule has 0 amide bonds. The summed E-state index contributed by atoms with van der Waals surface area (Å²) in [7, 11) is 0. The van der Waals surface area contributed by atoms with Crippen molar-refractivity contribution in [3.8, 4) is 0 Å². The predicted octanol–water partition coefficient (Wildman–Crippen LogP) is 6.21. The van der Waals surface area contributed by atoms with E-state index in [-0.39, 0.29) is 5.92 Å². The van der Waals surface area contributed by atoms with Crippen LogP contribution in [0.25, 0.3) is 0 Å². The van der Waals surface area contributed by atoms with E-state index in [1.165, 1.54) is 44.1 Å². The molecule has 1 heteroatoms. The highest BCUT2D eigenvalue weighted by atomic mass is 16.1. The van der Waals surface area contributed by atoms with Crippen LogP contribution in [0.2, 0.25) is 0 Å². The van der Waals surface area contributed by atoms with Gasteiger partial charge in [0.1, 0.15) is 0 Å². The lowest BCUT2D eigenvalue weighted by molar-refractivity contribution is 0.0923. The molecule has 1 unspecified atom stereocenters. The first kappa shape index (κ1) is 17.9. The van der Waals surface area contributed by atoms with Crippen molar-refractivity contribution in [2.45, 2.75) is 78.6 Å². The summed E-state index contributed by atoms with van der Waals surface area (Å²) in [4.78, 5) is 12.2. The van der Waals surface area contributed by atoms with Crippen molar-refractivity contribution >= 4 is 5.78 Å². The molecule has 1 rings (SSSR count). The summed E-state index contributed by atoms with van der Waals surface area (Å²) in [6.45, 7) is 6.42. The Bertz CT molecular complexity index is 391. The zero-order valence-corrected chi connectivity index (χ0v) is 14.2. The summed E-state index contributed by atoms with van der Waals surface area (Å²) in [5.41, 5.74) is 2.24. The molecule has 1 aromatic rings. The number of rotatable bonds is 11. The normalized spacial score (nSPS) is 12.3. The molecular weight excluding hydrogens is 256 g/mol. The predicted molar refractivity (Wildman–Crippen MR) is 91.9 cm³/mol. The van der Waals surface area contributed by atoms with Crippen molar-refractivity contribution in [1.82, 2.24) is 0 Å². The van der Waals surface area contributed by atoms with Crippen molar-refractivity contribution < 1.29 is 4.79 Å². The highest BCUT2D eigenvalue weighted by Crippen LogP contribution is 2.16. The van der Waals surface area contributed by atoms with Crippen LogP contribution >= 0.6 is 0 Å². The molecule has 21 heavy (non-hydrogen) atoms. The van der Waals surface area contributed by atoms with E-state index in [1.54, 1.807) is 0 Å². The van der Waals surface area contributed by atoms with Crippen LogP contribution < -0.4 is 0 Å². The van der Waals surface area contributed by atoms with Crippen LogP contribution in [0.1, 0.15) is 88.1 Å². The zero-order valence-electron chi connectivity index (χ0n) is 14.2. The number of ketones is 1. The topological polar surface area (TPSA) is 17.1 Å². The van der Waals surface area contributed by atoms with E-state index in [0.717, 1.165) is 24.8 Å². The third kappa shape index (κ3) is 6.93. The Labute approximate surface area is 131 Å². The van der Waals surface area contributed by atoms with Crippen molar-refractivity contribution in [2.75, 3.05) is 0 Å². The van der Waals surface area contributed by atoms with E-state index in [1.807, 2.05) is 19.1 Å². The van der Waals surface area contributed by atoms with Gasteiger partial charge in [0, 0.05) is 11.5 Å². The molecule has 0 saturated heterocycles. The average molecular weight is 288 g/mol. The quantitative estimate of drug-likeness (QED) is 0.349. The molecule has 0 heterocycles. The molecule has 0 aliphatic carbocycles. The van der Waals surface area contributed by atoms with Gasteiger partial charge in [0.15, 0.2) is 5.78 Å². The third-order valence-corrected chi connectivity index (χ3v) is 4.23. The number of hydrogen-bond donors (Lipinski definition) is 0. The monoisotopic (exact) mass is 288 g/mol. The van der Waals surface area contributed by atoms with E-state index < -0.39 is 0 Å². The van der Waals surface area contributed by atoms with E-state index >= 15 is 0 Å². The summed E-state index contributed by atoms with van der Waals surface area (Å²) < 4.78 is 0. The second-order valence-electron chi connectivity index (χ2n) is 6.27. The van der Waals surface area contributed by atoms with Gasteiger partial charge in [-0.1, -0.05) is 83.6 Å². The summed E-state index contributed by atoms with van der Waals surface area (Å²) in [6.07, 6.45) is 11.2. The molecule has 0 bridgehead atoms. The van der Waals surface area contributed by atoms with Crippen LogP contribution in [0.3, 0.4) is 0 Å². The molecule has 1 nitrogen and oxygen atoms in total. The van der Waals surface area contributed by atoms with E-state index in [2.05, 4.69) is 26.0 Å². The van der Waals surface area contributed by atoms with Crippen molar-refractivity contribution in [2.24, 2.45) is 5.92 Å². The van der Waals surface area contributed by atoms with Crippen LogP contribution in [0.4, 0.5) is 0 Å². The Balaban J connectivity index is 2.35. The maximum absolute atomic E-state index is 12.2. The summed E-state index contributed by atoms with van der Waals surface area (Å²) in [5, 5.41) is 0. The molecule has 0 N–H and O–H groups in total. The number of carbonyl (C=O) groups excluding carboxylic acids is 1. The SMILES string of the molecule is CCCCCCCCc1ccc(C(=O)C(C)CCC)cc1. The number of benzene rings is 1. The number of unbranched alkanes of at least 4 members (excludes halogenated alkanes) is 5. The van der Waals surface area contributed by atoms with Crippen molar-refractivity contribution in [1.29, 1.82) is 0 Å². The molecule has 0 aliphatic rings. The van der Waals surface area contributed by atoms with Crippen LogP contribution in [0.15, 0.2) is 24.3 Å². The van der Waals surface area contributed by atoms with Crippen LogP contribution in [-0.2, 0) is 6.42 Å². The molecule has 0 aliphatic heterocycles. The van der Waals surface area contributed by atoms with Crippen molar-refractivity contribution in [3.63, 3.8) is 0 Å².